The van der Waals surface area contributed by atoms with Gasteiger partial charge in [0.15, 0.2) is 0 Å². The predicted octanol–water partition coefficient (Wildman–Crippen LogP) is 0.647. The Kier molecular flexibility index (Phi) is 3.50. The van der Waals surface area contributed by atoms with Gasteiger partial charge in [0, 0.05) is 13.0 Å². The first kappa shape index (κ1) is 12.4. The summed E-state index contributed by atoms with van der Waals surface area (Å²) in [5, 5.41) is 3.22. The van der Waals surface area contributed by atoms with E-state index in [-0.39, 0.29) is 0 Å². The number of aliphatic imine (C=N–C) groups is 1. The van der Waals surface area contributed by atoms with Gasteiger partial charge in [0.2, 0.25) is 0 Å². The first-order valence-corrected chi connectivity index (χ1v) is 5.87. The number of amidine groups is 1. The van der Waals surface area contributed by atoms with Crippen molar-refractivity contribution in [2.24, 2.45) is 10.7 Å². The van der Waals surface area contributed by atoms with Gasteiger partial charge in [0.05, 0.1) is 19.2 Å². The minimum absolute atomic E-state index is 0.417. The number of nitrogens with one attached hydrogen (secondary N) is 1. The monoisotopic (exact) mass is 247 g/mol. The van der Waals surface area contributed by atoms with Crippen LogP contribution in [0.5, 0.6) is 5.75 Å². The molecule has 1 aliphatic heterocycles. The number of primary amides is 1. The Morgan fingerprint density at radius 2 is 2.33 bits per heavy atom. The second-order valence-corrected chi connectivity index (χ2v) is 4.23. The fourth-order valence-corrected chi connectivity index (χ4v) is 2.13. The van der Waals surface area contributed by atoms with E-state index in [1.54, 1.807) is 13.2 Å². The summed E-state index contributed by atoms with van der Waals surface area (Å²) in [4.78, 5) is 15.7. The molecule has 0 aromatic heterocycles. The third-order valence-corrected chi connectivity index (χ3v) is 3.09. The zero-order chi connectivity index (χ0) is 13.1. The zero-order valence-electron chi connectivity index (χ0n) is 10.6. The number of hydrogen-bond donors (Lipinski definition) is 2. The summed E-state index contributed by atoms with van der Waals surface area (Å²) in [7, 11) is 1.55. The van der Waals surface area contributed by atoms with Gasteiger partial charge in [-0.1, -0.05) is 6.07 Å². The van der Waals surface area contributed by atoms with E-state index in [4.69, 9.17) is 10.5 Å². The number of methoxy groups -OCH3 is 1. The highest BCUT2D eigenvalue weighted by molar-refractivity contribution is 5.96. The largest absolute Gasteiger partial charge is 0.496 e. The number of carbonyl (C=O) groups is 1. The van der Waals surface area contributed by atoms with Crippen molar-refractivity contribution in [3.05, 3.63) is 28.8 Å². The average molecular weight is 247 g/mol. The minimum Gasteiger partial charge on any atom is -0.496 e. The number of nitrogens with two attached hydrogens (primary N) is 1. The van der Waals surface area contributed by atoms with Crippen molar-refractivity contribution in [3.8, 4) is 5.75 Å². The van der Waals surface area contributed by atoms with Crippen molar-refractivity contribution in [2.75, 3.05) is 20.2 Å². The molecule has 1 heterocycles. The number of ether oxygens (including phenoxy) is 1. The van der Waals surface area contributed by atoms with Crippen LogP contribution in [0, 0.1) is 6.92 Å². The molecule has 0 fully saturated rings. The van der Waals surface area contributed by atoms with Gasteiger partial charge in [0.25, 0.3) is 5.91 Å². The molecule has 5 heteroatoms. The molecule has 2 rings (SSSR count). The van der Waals surface area contributed by atoms with Crippen molar-refractivity contribution in [1.29, 1.82) is 0 Å². The van der Waals surface area contributed by atoms with Gasteiger partial charge >= 0.3 is 0 Å². The van der Waals surface area contributed by atoms with Gasteiger partial charge in [-0.15, -0.1) is 0 Å². The summed E-state index contributed by atoms with van der Waals surface area (Å²) in [5.41, 5.74) is 7.76. The number of nitrogens with zero attached hydrogens (tertiary/aromatic N) is 1. The molecule has 96 valence electrons. The van der Waals surface area contributed by atoms with Gasteiger partial charge in [0.1, 0.15) is 11.6 Å². The molecule has 0 saturated carbocycles. The highest BCUT2D eigenvalue weighted by Gasteiger charge is 2.16. The SMILES string of the molecule is COc1c(C(N)=O)ccc(CC2=NCCN2)c1C. The molecular formula is C13H17N3O2. The summed E-state index contributed by atoms with van der Waals surface area (Å²) in [6.07, 6.45) is 0.723. The van der Waals surface area contributed by atoms with Gasteiger partial charge in [-0.2, -0.15) is 0 Å². The number of rotatable bonds is 4. The maximum absolute atomic E-state index is 11.3. The van der Waals surface area contributed by atoms with E-state index < -0.39 is 5.91 Å². The Hall–Kier alpha value is -2.04. The standard InChI is InChI=1S/C13H17N3O2/c1-8-9(7-11-15-5-6-16-11)3-4-10(13(14)17)12(8)18-2/h3-4H,5-7H2,1-2H3,(H2,14,17)(H,15,16). The molecule has 1 amide bonds. The van der Waals surface area contributed by atoms with E-state index in [0.717, 1.165) is 36.5 Å². The van der Waals surface area contributed by atoms with Crippen molar-refractivity contribution >= 4 is 11.7 Å². The smallest absolute Gasteiger partial charge is 0.252 e. The second-order valence-electron chi connectivity index (χ2n) is 4.23. The van der Waals surface area contributed by atoms with E-state index >= 15 is 0 Å². The number of hydrogen-bond acceptors (Lipinski definition) is 4. The lowest BCUT2D eigenvalue weighted by molar-refractivity contribution is 0.0997. The van der Waals surface area contributed by atoms with Crippen molar-refractivity contribution in [2.45, 2.75) is 13.3 Å². The van der Waals surface area contributed by atoms with Crippen LogP contribution in [0.2, 0.25) is 0 Å². The van der Waals surface area contributed by atoms with Crippen LogP contribution in [0.15, 0.2) is 17.1 Å². The fourth-order valence-electron chi connectivity index (χ4n) is 2.13. The number of benzene rings is 1. The molecule has 1 aliphatic rings. The first-order valence-electron chi connectivity index (χ1n) is 5.87. The highest BCUT2D eigenvalue weighted by Crippen LogP contribution is 2.26. The van der Waals surface area contributed by atoms with Crippen molar-refractivity contribution < 1.29 is 9.53 Å². The van der Waals surface area contributed by atoms with E-state index in [2.05, 4.69) is 10.3 Å². The maximum Gasteiger partial charge on any atom is 0.252 e. The van der Waals surface area contributed by atoms with Gasteiger partial charge < -0.3 is 15.8 Å². The zero-order valence-corrected chi connectivity index (χ0v) is 10.6. The predicted molar refractivity (Wildman–Crippen MR) is 70.3 cm³/mol. The second kappa shape index (κ2) is 5.08. The molecule has 0 spiro atoms. The molecule has 0 aliphatic carbocycles. The third kappa shape index (κ3) is 2.30. The summed E-state index contributed by atoms with van der Waals surface area (Å²) >= 11 is 0. The molecule has 3 N–H and O–H groups in total. The molecule has 0 bridgehead atoms. The van der Waals surface area contributed by atoms with Gasteiger partial charge in [-0.25, -0.2) is 0 Å². The summed E-state index contributed by atoms with van der Waals surface area (Å²) in [6, 6.07) is 3.61. The van der Waals surface area contributed by atoms with Crippen molar-refractivity contribution in [1.82, 2.24) is 5.32 Å². The highest BCUT2D eigenvalue weighted by atomic mass is 16.5. The van der Waals surface area contributed by atoms with E-state index in [9.17, 15) is 4.79 Å². The molecular weight excluding hydrogens is 230 g/mol. The van der Waals surface area contributed by atoms with Crippen LogP contribution in [0.25, 0.3) is 0 Å². The quantitative estimate of drug-likeness (QED) is 0.820. The lowest BCUT2D eigenvalue weighted by atomic mass is 10.00. The summed E-state index contributed by atoms with van der Waals surface area (Å²) in [6.45, 7) is 3.64. The van der Waals surface area contributed by atoms with Crippen molar-refractivity contribution in [3.63, 3.8) is 0 Å². The maximum atomic E-state index is 11.3. The first-order chi connectivity index (χ1) is 8.63. The van der Waals surface area contributed by atoms with Crippen LogP contribution in [-0.2, 0) is 6.42 Å². The number of amides is 1. The molecule has 1 aromatic rings. The van der Waals surface area contributed by atoms with Gasteiger partial charge in [-0.3, -0.25) is 9.79 Å². The molecule has 18 heavy (non-hydrogen) atoms. The van der Waals surface area contributed by atoms with Crippen LogP contribution in [-0.4, -0.2) is 31.9 Å². The summed E-state index contributed by atoms with van der Waals surface area (Å²) in [5.74, 6) is 1.06. The van der Waals surface area contributed by atoms with Crippen LogP contribution < -0.4 is 15.8 Å². The summed E-state index contributed by atoms with van der Waals surface area (Å²) < 4.78 is 5.28. The van der Waals surface area contributed by atoms with Crippen LogP contribution in [0.1, 0.15) is 21.5 Å². The van der Waals surface area contributed by atoms with Crippen LogP contribution in [0.3, 0.4) is 0 Å². The molecule has 0 unspecified atom stereocenters. The molecule has 1 aromatic carbocycles. The topological polar surface area (TPSA) is 76.7 Å². The van der Waals surface area contributed by atoms with Gasteiger partial charge in [-0.05, 0) is 24.1 Å². The van der Waals surface area contributed by atoms with Crippen LogP contribution >= 0.6 is 0 Å². The molecule has 5 nitrogen and oxygen atoms in total. The normalized spacial score (nSPS) is 14.0. The Morgan fingerprint density at radius 1 is 1.56 bits per heavy atom. The molecule has 0 radical (unpaired) electrons. The molecule has 0 atom stereocenters. The Balaban J connectivity index is 2.35. The van der Waals surface area contributed by atoms with Crippen LogP contribution in [0.4, 0.5) is 0 Å². The Morgan fingerprint density at radius 3 is 2.89 bits per heavy atom. The Bertz CT molecular complexity index is 509. The minimum atomic E-state index is -0.474. The molecule has 0 saturated heterocycles. The average Bonchev–Trinajstić information content (AvgIpc) is 2.84. The lowest BCUT2D eigenvalue weighted by Crippen LogP contribution is -2.21. The van der Waals surface area contributed by atoms with E-state index in [1.165, 1.54) is 0 Å². The Labute approximate surface area is 106 Å². The van der Waals surface area contributed by atoms with E-state index in [0.29, 0.717) is 11.3 Å². The van der Waals surface area contributed by atoms with E-state index in [1.807, 2.05) is 13.0 Å². The number of carbonyl (C=O) groups excluding carboxylic acids is 1. The third-order valence-electron chi connectivity index (χ3n) is 3.09. The lowest BCUT2D eigenvalue weighted by Gasteiger charge is -2.13. The fraction of sp³-hybridized carbons (Fsp3) is 0.385.